The maximum absolute atomic E-state index is 12.7. The van der Waals surface area contributed by atoms with Gasteiger partial charge in [0, 0.05) is 50.7 Å². The fourth-order valence-electron chi connectivity index (χ4n) is 3.09. The number of rotatable bonds is 3. The highest BCUT2D eigenvalue weighted by Gasteiger charge is 2.23. The van der Waals surface area contributed by atoms with Crippen molar-refractivity contribution in [3.8, 4) is 11.1 Å². The lowest BCUT2D eigenvalue weighted by molar-refractivity contribution is 0.133. The minimum Gasteiger partial charge on any atom is -0.320 e. The van der Waals surface area contributed by atoms with Gasteiger partial charge in [0.2, 0.25) is 0 Å². The Balaban J connectivity index is 1.36. The van der Waals surface area contributed by atoms with Crippen LogP contribution in [0.15, 0.2) is 61.3 Å². The highest BCUT2D eigenvalue weighted by molar-refractivity contribution is 5.77. The third-order valence-corrected chi connectivity index (χ3v) is 4.56. The summed E-state index contributed by atoms with van der Waals surface area (Å²) in [4.78, 5) is 25.0. The lowest BCUT2D eigenvalue weighted by Gasteiger charge is -2.34. The molecule has 132 valence electrons. The van der Waals surface area contributed by atoms with E-state index in [9.17, 15) is 4.79 Å². The quantitative estimate of drug-likeness (QED) is 0.725. The van der Waals surface area contributed by atoms with Gasteiger partial charge in [-0.2, -0.15) is 9.78 Å². The maximum atomic E-state index is 12.7. The van der Waals surface area contributed by atoms with E-state index in [0.717, 1.165) is 36.5 Å². The van der Waals surface area contributed by atoms with Crippen LogP contribution in [0, 0.1) is 0 Å². The average molecular weight is 348 g/mol. The summed E-state index contributed by atoms with van der Waals surface area (Å²) in [6.07, 6.45) is 6.85. The lowest BCUT2D eigenvalue weighted by atomic mass is 10.1. The molecule has 0 unspecified atom stereocenters. The van der Waals surface area contributed by atoms with Crippen molar-refractivity contribution in [1.29, 1.82) is 0 Å². The third kappa shape index (κ3) is 3.62. The molecular formula is C19H20N6O. The van der Waals surface area contributed by atoms with Crippen LogP contribution in [0.3, 0.4) is 0 Å². The molecule has 3 aromatic rings. The molecule has 7 heteroatoms. The molecule has 0 atom stereocenters. The van der Waals surface area contributed by atoms with Gasteiger partial charge in [0.1, 0.15) is 6.33 Å². The summed E-state index contributed by atoms with van der Waals surface area (Å²) >= 11 is 0. The van der Waals surface area contributed by atoms with Crippen molar-refractivity contribution in [2.45, 2.75) is 6.54 Å². The molecule has 0 radical (unpaired) electrons. The summed E-state index contributed by atoms with van der Waals surface area (Å²) in [6.45, 7) is 3.80. The lowest BCUT2D eigenvalue weighted by Crippen LogP contribution is -2.49. The van der Waals surface area contributed by atoms with Gasteiger partial charge < -0.3 is 4.90 Å². The van der Waals surface area contributed by atoms with Crippen LogP contribution in [-0.2, 0) is 6.54 Å². The Hall–Kier alpha value is -3.06. The zero-order valence-electron chi connectivity index (χ0n) is 14.4. The number of hydrogen-bond donors (Lipinski definition) is 0. The Morgan fingerprint density at radius 3 is 2.54 bits per heavy atom. The zero-order valence-corrected chi connectivity index (χ0v) is 14.4. The third-order valence-electron chi connectivity index (χ3n) is 4.56. The van der Waals surface area contributed by atoms with Crippen LogP contribution in [0.1, 0.15) is 5.69 Å². The Morgan fingerprint density at radius 1 is 1.00 bits per heavy atom. The number of benzene rings is 1. The molecule has 0 spiro atoms. The number of aromatic nitrogens is 4. The molecule has 4 rings (SSSR count). The number of piperazine rings is 1. The van der Waals surface area contributed by atoms with Gasteiger partial charge in [0.25, 0.3) is 0 Å². The highest BCUT2D eigenvalue weighted by atomic mass is 16.2. The van der Waals surface area contributed by atoms with E-state index in [1.54, 1.807) is 24.9 Å². The van der Waals surface area contributed by atoms with Crippen LogP contribution >= 0.6 is 0 Å². The van der Waals surface area contributed by atoms with Crippen molar-refractivity contribution in [3.05, 3.63) is 67.0 Å². The van der Waals surface area contributed by atoms with Gasteiger partial charge in [-0.15, -0.1) is 0 Å². The van der Waals surface area contributed by atoms with Crippen LogP contribution in [-0.4, -0.2) is 61.8 Å². The minimum atomic E-state index is -0.0751. The first-order valence-electron chi connectivity index (χ1n) is 8.66. The van der Waals surface area contributed by atoms with Crippen LogP contribution in [0.5, 0.6) is 0 Å². The molecule has 1 aromatic carbocycles. The molecule has 0 N–H and O–H groups in total. The number of nitrogens with zero attached hydrogens (tertiary/aromatic N) is 6. The van der Waals surface area contributed by atoms with Gasteiger partial charge in [-0.05, 0) is 11.6 Å². The average Bonchev–Trinajstić information content (AvgIpc) is 3.20. The Labute approximate surface area is 151 Å². The number of carbonyl (C=O) groups is 1. The molecule has 2 aromatic heterocycles. The Bertz CT molecular complexity index is 856. The molecule has 1 saturated heterocycles. The molecule has 0 bridgehead atoms. The number of carbonyl (C=O) groups excluding carboxylic acids is 1. The second-order valence-corrected chi connectivity index (χ2v) is 6.29. The smallest absolute Gasteiger partial charge is 0.320 e. The standard InChI is InChI=1S/C19H20N6O/c26-19(25-13-17(12-22-25)16-4-2-1-3-5-16)24-10-8-23(9-11-24)14-18-6-7-20-15-21-18/h1-7,12-13,15H,8-11,14H2. The molecule has 1 amide bonds. The molecule has 7 nitrogen and oxygen atoms in total. The fraction of sp³-hybridized carbons (Fsp3) is 0.263. The van der Waals surface area contributed by atoms with Crippen molar-refractivity contribution >= 4 is 6.03 Å². The summed E-state index contributed by atoms with van der Waals surface area (Å²) in [6, 6.07) is 11.8. The number of hydrogen-bond acceptors (Lipinski definition) is 5. The van der Waals surface area contributed by atoms with Crippen molar-refractivity contribution in [2.24, 2.45) is 0 Å². The van der Waals surface area contributed by atoms with E-state index < -0.39 is 0 Å². The first kappa shape index (κ1) is 16.4. The normalized spacial score (nSPS) is 15.2. The predicted octanol–water partition coefficient (Wildman–Crippen LogP) is 2.13. The van der Waals surface area contributed by atoms with E-state index in [4.69, 9.17) is 0 Å². The molecule has 1 aliphatic heterocycles. The topological polar surface area (TPSA) is 67.2 Å². The molecule has 1 fully saturated rings. The molecular weight excluding hydrogens is 328 g/mol. The summed E-state index contributed by atoms with van der Waals surface area (Å²) in [5.41, 5.74) is 3.00. The second kappa shape index (κ2) is 7.45. The van der Waals surface area contributed by atoms with Gasteiger partial charge >= 0.3 is 6.03 Å². The van der Waals surface area contributed by atoms with Crippen LogP contribution in [0.4, 0.5) is 4.79 Å². The molecule has 0 aliphatic carbocycles. The van der Waals surface area contributed by atoms with Gasteiger partial charge in [0.15, 0.2) is 0 Å². The second-order valence-electron chi connectivity index (χ2n) is 6.29. The molecule has 3 heterocycles. The van der Waals surface area contributed by atoms with E-state index in [1.165, 1.54) is 4.68 Å². The predicted molar refractivity (Wildman–Crippen MR) is 97.3 cm³/mol. The van der Waals surface area contributed by atoms with Gasteiger partial charge in [0.05, 0.1) is 11.9 Å². The van der Waals surface area contributed by atoms with Gasteiger partial charge in [-0.3, -0.25) is 4.90 Å². The van der Waals surface area contributed by atoms with Crippen molar-refractivity contribution in [1.82, 2.24) is 29.5 Å². The van der Waals surface area contributed by atoms with Crippen LogP contribution in [0.25, 0.3) is 11.1 Å². The van der Waals surface area contributed by atoms with E-state index in [2.05, 4.69) is 20.0 Å². The summed E-state index contributed by atoms with van der Waals surface area (Å²) in [5, 5.41) is 4.25. The van der Waals surface area contributed by atoms with Crippen LogP contribution < -0.4 is 0 Å². The first-order valence-corrected chi connectivity index (χ1v) is 8.66. The van der Waals surface area contributed by atoms with E-state index in [0.29, 0.717) is 13.1 Å². The van der Waals surface area contributed by atoms with E-state index >= 15 is 0 Å². The Morgan fingerprint density at radius 2 is 1.81 bits per heavy atom. The molecule has 0 saturated carbocycles. The van der Waals surface area contributed by atoms with Gasteiger partial charge in [-0.1, -0.05) is 30.3 Å². The monoisotopic (exact) mass is 348 g/mol. The fourth-order valence-corrected chi connectivity index (χ4v) is 3.09. The largest absolute Gasteiger partial charge is 0.344 e. The number of amides is 1. The molecule has 26 heavy (non-hydrogen) atoms. The summed E-state index contributed by atoms with van der Waals surface area (Å²) in [7, 11) is 0. The Kier molecular flexibility index (Phi) is 4.70. The highest BCUT2D eigenvalue weighted by Crippen LogP contribution is 2.18. The summed E-state index contributed by atoms with van der Waals surface area (Å²) in [5.74, 6) is 0. The maximum Gasteiger partial charge on any atom is 0.344 e. The first-order chi connectivity index (χ1) is 12.8. The van der Waals surface area contributed by atoms with Crippen molar-refractivity contribution in [2.75, 3.05) is 26.2 Å². The van der Waals surface area contributed by atoms with Crippen molar-refractivity contribution in [3.63, 3.8) is 0 Å². The molecule has 1 aliphatic rings. The minimum absolute atomic E-state index is 0.0751. The zero-order chi connectivity index (χ0) is 17.8. The van der Waals surface area contributed by atoms with E-state index in [1.807, 2.05) is 41.3 Å². The van der Waals surface area contributed by atoms with Gasteiger partial charge in [-0.25, -0.2) is 14.8 Å². The SMILES string of the molecule is O=C(N1CCN(Cc2ccncn2)CC1)n1cc(-c2ccccc2)cn1. The summed E-state index contributed by atoms with van der Waals surface area (Å²) < 4.78 is 1.43. The van der Waals surface area contributed by atoms with E-state index in [-0.39, 0.29) is 6.03 Å². The van der Waals surface area contributed by atoms with Crippen LogP contribution in [0.2, 0.25) is 0 Å². The van der Waals surface area contributed by atoms with Crippen molar-refractivity contribution < 1.29 is 4.79 Å².